The number of hydrogen-bond acceptors (Lipinski definition) is 6. The third-order valence-electron chi connectivity index (χ3n) is 5.18. The summed E-state index contributed by atoms with van der Waals surface area (Å²) in [5.41, 5.74) is 3.04. The van der Waals surface area contributed by atoms with Crippen LogP contribution in [-0.4, -0.2) is 23.7 Å². The molecule has 38 heavy (non-hydrogen) atoms. The van der Waals surface area contributed by atoms with Gasteiger partial charge in [-0.15, -0.1) is 6.58 Å². The highest BCUT2D eigenvalue weighted by Crippen LogP contribution is 2.34. The summed E-state index contributed by atoms with van der Waals surface area (Å²) in [4.78, 5) is 22.7. The number of nitrogens with zero attached hydrogens (tertiary/aromatic N) is 2. The van der Waals surface area contributed by atoms with Crippen LogP contribution in [0.2, 0.25) is 0 Å². The van der Waals surface area contributed by atoms with Gasteiger partial charge in [0.15, 0.2) is 11.5 Å². The molecule has 1 N–H and O–H groups in total. The van der Waals surface area contributed by atoms with E-state index < -0.39 is 22.6 Å². The number of amides is 1. The van der Waals surface area contributed by atoms with Gasteiger partial charge in [0, 0.05) is 23.3 Å². The number of nitrogens with one attached hydrogen (secondary N) is 1. The molecule has 0 saturated heterocycles. The molecule has 0 aromatic heterocycles. The molecule has 0 aliphatic carbocycles. The van der Waals surface area contributed by atoms with E-state index in [1.54, 1.807) is 37.3 Å². The fourth-order valence-electron chi connectivity index (χ4n) is 3.43. The second kappa shape index (κ2) is 12.5. The number of nitro groups is 1. The number of non-ortho nitro benzene ring substituents is 1. The summed E-state index contributed by atoms with van der Waals surface area (Å²) in [6.07, 6.45) is -1.16. The number of carbonyl (C=O) groups excluding carboxylic acids is 1. The van der Waals surface area contributed by atoms with E-state index in [-0.39, 0.29) is 17.9 Å². The van der Waals surface area contributed by atoms with Gasteiger partial charge in [0.2, 0.25) is 0 Å². The van der Waals surface area contributed by atoms with E-state index in [9.17, 15) is 28.1 Å². The number of carbonyl (C=O) groups is 1. The van der Waals surface area contributed by atoms with Gasteiger partial charge in [0.25, 0.3) is 11.6 Å². The lowest BCUT2D eigenvalue weighted by molar-refractivity contribution is -0.384. The summed E-state index contributed by atoms with van der Waals surface area (Å²) < 4.78 is 50.5. The molecule has 198 valence electrons. The van der Waals surface area contributed by atoms with Gasteiger partial charge >= 0.3 is 6.18 Å². The average molecular weight is 527 g/mol. The van der Waals surface area contributed by atoms with Gasteiger partial charge in [-0.05, 0) is 66.9 Å². The van der Waals surface area contributed by atoms with E-state index in [0.717, 1.165) is 18.2 Å². The minimum absolute atomic E-state index is 0.0279. The summed E-state index contributed by atoms with van der Waals surface area (Å²) >= 11 is 0. The maximum Gasteiger partial charge on any atom is 0.416 e. The Hall–Kier alpha value is -4.67. The first-order valence-corrected chi connectivity index (χ1v) is 11.4. The van der Waals surface area contributed by atoms with Crippen molar-refractivity contribution < 1.29 is 32.4 Å². The zero-order chi connectivity index (χ0) is 27.7. The molecule has 0 bridgehead atoms. The molecule has 3 aromatic rings. The minimum Gasteiger partial charge on any atom is -0.490 e. The van der Waals surface area contributed by atoms with Crippen molar-refractivity contribution in [3.8, 4) is 11.5 Å². The van der Waals surface area contributed by atoms with Crippen LogP contribution >= 0.6 is 0 Å². The third kappa shape index (κ3) is 7.42. The van der Waals surface area contributed by atoms with Crippen LogP contribution in [0, 0.1) is 10.1 Å². The number of ether oxygens (including phenoxy) is 2. The number of rotatable bonds is 11. The second-order valence-electron chi connectivity index (χ2n) is 7.92. The Kier molecular flexibility index (Phi) is 9.20. The first-order valence-electron chi connectivity index (χ1n) is 11.4. The highest BCUT2D eigenvalue weighted by molar-refractivity contribution is 5.95. The molecular weight excluding hydrogens is 503 g/mol. The number of halogens is 3. The van der Waals surface area contributed by atoms with E-state index in [2.05, 4.69) is 17.1 Å². The molecule has 3 rings (SSSR count). The fraction of sp³-hybridized carbons (Fsp3) is 0.185. The first kappa shape index (κ1) is 27.9. The topological polar surface area (TPSA) is 103 Å². The standard InChI is InChI=1S/C27H24F3N3O5/c1-3-6-20-13-19(16-31-32-26(34)21-7-5-8-22(15-21)27(28,29)30)14-24(37-4-2)25(20)38-17-18-9-11-23(12-10-18)33(35)36/h3,5,7-16H,1,4,6,17H2,2H3,(H,32,34)/b31-16-. The molecule has 0 unspecified atom stereocenters. The van der Waals surface area contributed by atoms with E-state index in [0.29, 0.717) is 41.2 Å². The summed E-state index contributed by atoms with van der Waals surface area (Å²) in [6.45, 7) is 6.01. The zero-order valence-corrected chi connectivity index (χ0v) is 20.3. The van der Waals surface area contributed by atoms with E-state index in [4.69, 9.17) is 9.47 Å². The van der Waals surface area contributed by atoms with Gasteiger partial charge in [-0.25, -0.2) is 5.43 Å². The Labute approximate surface area is 216 Å². The number of alkyl halides is 3. The largest absolute Gasteiger partial charge is 0.490 e. The zero-order valence-electron chi connectivity index (χ0n) is 20.3. The normalized spacial score (nSPS) is 11.3. The molecule has 8 nitrogen and oxygen atoms in total. The highest BCUT2D eigenvalue weighted by atomic mass is 19.4. The highest BCUT2D eigenvalue weighted by Gasteiger charge is 2.30. The van der Waals surface area contributed by atoms with Gasteiger partial charge in [0.1, 0.15) is 6.61 Å². The number of benzene rings is 3. The lowest BCUT2D eigenvalue weighted by atomic mass is 10.1. The molecule has 3 aromatic carbocycles. The molecule has 0 aliphatic rings. The van der Waals surface area contributed by atoms with Gasteiger partial charge in [-0.1, -0.05) is 12.1 Å². The number of hydrazone groups is 1. The molecule has 0 spiro atoms. The van der Waals surface area contributed by atoms with Crippen LogP contribution in [-0.2, 0) is 19.2 Å². The van der Waals surface area contributed by atoms with E-state index >= 15 is 0 Å². The fourth-order valence-corrected chi connectivity index (χ4v) is 3.43. The second-order valence-corrected chi connectivity index (χ2v) is 7.92. The Bertz CT molecular complexity index is 1340. The summed E-state index contributed by atoms with van der Waals surface area (Å²) in [7, 11) is 0. The monoisotopic (exact) mass is 527 g/mol. The van der Waals surface area contributed by atoms with Crippen molar-refractivity contribution in [2.24, 2.45) is 5.10 Å². The molecule has 0 radical (unpaired) electrons. The lowest BCUT2D eigenvalue weighted by Crippen LogP contribution is -2.18. The van der Waals surface area contributed by atoms with Crippen molar-refractivity contribution in [1.82, 2.24) is 5.43 Å². The number of nitro benzene ring substituents is 1. The molecule has 0 saturated carbocycles. The van der Waals surface area contributed by atoms with Crippen molar-refractivity contribution in [1.29, 1.82) is 0 Å². The van der Waals surface area contributed by atoms with Crippen LogP contribution in [0.1, 0.15) is 39.5 Å². The number of allylic oxidation sites excluding steroid dienone is 1. The SMILES string of the molecule is C=CCc1cc(/C=N\NC(=O)c2cccc(C(F)(F)F)c2)cc(OCC)c1OCc1ccc([N+](=O)[O-])cc1. The molecular formula is C27H24F3N3O5. The first-order chi connectivity index (χ1) is 18.1. The summed E-state index contributed by atoms with van der Waals surface area (Å²) in [5, 5.41) is 14.7. The molecule has 0 aliphatic heterocycles. The maximum absolute atomic E-state index is 12.9. The predicted molar refractivity (Wildman–Crippen MR) is 135 cm³/mol. The van der Waals surface area contributed by atoms with Crippen molar-refractivity contribution >= 4 is 17.8 Å². The predicted octanol–water partition coefficient (Wildman–Crippen LogP) is 6.08. The van der Waals surface area contributed by atoms with E-state index in [1.165, 1.54) is 24.4 Å². The summed E-state index contributed by atoms with van der Waals surface area (Å²) in [6, 6.07) is 13.4. The Balaban J connectivity index is 1.79. The van der Waals surface area contributed by atoms with Gasteiger partial charge in [-0.2, -0.15) is 18.3 Å². The quantitative estimate of drug-likeness (QED) is 0.141. The molecule has 0 fully saturated rings. The maximum atomic E-state index is 12.9. The Morgan fingerprint density at radius 3 is 2.50 bits per heavy atom. The Morgan fingerprint density at radius 2 is 1.87 bits per heavy atom. The lowest BCUT2D eigenvalue weighted by Gasteiger charge is -2.17. The summed E-state index contributed by atoms with van der Waals surface area (Å²) in [5.74, 6) is 0.0569. The minimum atomic E-state index is -4.57. The van der Waals surface area contributed by atoms with Crippen LogP contribution in [0.5, 0.6) is 11.5 Å². The number of hydrogen-bond donors (Lipinski definition) is 1. The van der Waals surface area contributed by atoms with Gasteiger partial charge < -0.3 is 9.47 Å². The molecule has 1 amide bonds. The van der Waals surface area contributed by atoms with Crippen molar-refractivity contribution in [3.63, 3.8) is 0 Å². The van der Waals surface area contributed by atoms with Crippen LogP contribution in [0.3, 0.4) is 0 Å². The van der Waals surface area contributed by atoms with Crippen LogP contribution in [0.25, 0.3) is 0 Å². The third-order valence-corrected chi connectivity index (χ3v) is 5.18. The van der Waals surface area contributed by atoms with Crippen molar-refractivity contribution in [2.45, 2.75) is 26.1 Å². The van der Waals surface area contributed by atoms with Crippen molar-refractivity contribution in [2.75, 3.05) is 6.61 Å². The molecule has 0 atom stereocenters. The van der Waals surface area contributed by atoms with Crippen LogP contribution in [0.4, 0.5) is 18.9 Å². The van der Waals surface area contributed by atoms with Gasteiger partial charge in [0.05, 0.1) is 23.3 Å². The molecule has 11 heteroatoms. The Morgan fingerprint density at radius 1 is 1.13 bits per heavy atom. The van der Waals surface area contributed by atoms with Crippen LogP contribution < -0.4 is 14.9 Å². The smallest absolute Gasteiger partial charge is 0.416 e. The van der Waals surface area contributed by atoms with Gasteiger partial charge in [-0.3, -0.25) is 14.9 Å². The van der Waals surface area contributed by atoms with E-state index in [1.807, 2.05) is 0 Å². The average Bonchev–Trinajstić information content (AvgIpc) is 2.88. The van der Waals surface area contributed by atoms with Crippen LogP contribution in [0.15, 0.2) is 78.4 Å². The van der Waals surface area contributed by atoms with Crippen molar-refractivity contribution in [3.05, 3.63) is 111 Å². The molecule has 0 heterocycles.